The second-order valence-electron chi connectivity index (χ2n) is 3.35. The fourth-order valence-electron chi connectivity index (χ4n) is 1.47. The average molecular weight is 265 g/mol. The van der Waals surface area contributed by atoms with Crippen LogP contribution in [0, 0.1) is 10.1 Å². The number of thiocarbonyl (C=S) groups is 1. The molecule has 9 heteroatoms. The summed E-state index contributed by atoms with van der Waals surface area (Å²) in [6.07, 6.45) is 0. The van der Waals surface area contributed by atoms with Gasteiger partial charge in [-0.25, -0.2) is 0 Å². The number of rotatable bonds is 2. The SMILES string of the molecule is NC(=S)N=Nc1c(O)[nH]c2cc([N+](=O)[O-])ccc12. The molecule has 0 aliphatic rings. The number of aromatic amines is 1. The van der Waals surface area contributed by atoms with Crippen molar-refractivity contribution in [2.75, 3.05) is 0 Å². The molecule has 0 spiro atoms. The van der Waals surface area contributed by atoms with Crippen LogP contribution in [-0.4, -0.2) is 20.1 Å². The summed E-state index contributed by atoms with van der Waals surface area (Å²) in [6.45, 7) is 0. The van der Waals surface area contributed by atoms with Gasteiger partial charge >= 0.3 is 0 Å². The van der Waals surface area contributed by atoms with E-state index >= 15 is 0 Å². The van der Waals surface area contributed by atoms with E-state index in [0.717, 1.165) is 0 Å². The number of non-ortho nitro benzene ring substituents is 1. The summed E-state index contributed by atoms with van der Waals surface area (Å²) >= 11 is 4.53. The number of hydrogen-bond donors (Lipinski definition) is 3. The summed E-state index contributed by atoms with van der Waals surface area (Å²) in [5, 5.41) is 27.7. The smallest absolute Gasteiger partial charge is 0.271 e. The zero-order valence-corrected chi connectivity index (χ0v) is 9.64. The minimum absolute atomic E-state index is 0.0958. The van der Waals surface area contributed by atoms with E-state index in [1.807, 2.05) is 0 Å². The second-order valence-corrected chi connectivity index (χ2v) is 3.77. The third kappa shape index (κ3) is 2.11. The van der Waals surface area contributed by atoms with E-state index in [1.54, 1.807) is 0 Å². The molecule has 1 aromatic heterocycles. The molecule has 0 bridgehead atoms. The van der Waals surface area contributed by atoms with E-state index in [-0.39, 0.29) is 22.4 Å². The van der Waals surface area contributed by atoms with Crippen LogP contribution in [-0.2, 0) is 0 Å². The van der Waals surface area contributed by atoms with Crippen molar-refractivity contribution in [3.63, 3.8) is 0 Å². The van der Waals surface area contributed by atoms with Gasteiger partial charge in [-0.2, -0.15) is 0 Å². The largest absolute Gasteiger partial charge is 0.493 e. The minimum atomic E-state index is -0.534. The molecule has 1 heterocycles. The standard InChI is InChI=1S/C9H7N5O3S/c10-9(18)13-12-7-5-2-1-4(14(16)17)3-6(5)11-8(7)15/h1-3,11,15H,(H2,10,18). The first-order chi connectivity index (χ1) is 8.49. The number of benzene rings is 1. The highest BCUT2D eigenvalue weighted by Gasteiger charge is 2.14. The van der Waals surface area contributed by atoms with Gasteiger partial charge in [0.2, 0.25) is 11.0 Å². The number of H-pyrrole nitrogens is 1. The van der Waals surface area contributed by atoms with Crippen LogP contribution in [0.4, 0.5) is 11.4 Å². The Morgan fingerprint density at radius 3 is 2.89 bits per heavy atom. The van der Waals surface area contributed by atoms with E-state index in [9.17, 15) is 15.2 Å². The average Bonchev–Trinajstić information content (AvgIpc) is 2.60. The molecular weight excluding hydrogens is 258 g/mol. The van der Waals surface area contributed by atoms with Crippen molar-refractivity contribution in [3.05, 3.63) is 28.3 Å². The molecule has 0 saturated heterocycles. The van der Waals surface area contributed by atoms with E-state index in [4.69, 9.17) is 5.73 Å². The summed E-state index contributed by atoms with van der Waals surface area (Å²) in [4.78, 5) is 12.6. The van der Waals surface area contributed by atoms with E-state index < -0.39 is 4.92 Å². The van der Waals surface area contributed by atoms with E-state index in [1.165, 1.54) is 18.2 Å². The zero-order chi connectivity index (χ0) is 13.3. The maximum absolute atomic E-state index is 10.6. The summed E-state index contributed by atoms with van der Waals surface area (Å²) in [7, 11) is 0. The van der Waals surface area contributed by atoms with Gasteiger partial charge in [0.1, 0.15) is 0 Å². The van der Waals surface area contributed by atoms with Gasteiger partial charge in [-0.15, -0.1) is 10.2 Å². The Kier molecular flexibility index (Phi) is 2.90. The lowest BCUT2D eigenvalue weighted by Crippen LogP contribution is -2.01. The molecule has 92 valence electrons. The molecular formula is C9H7N5O3S. The van der Waals surface area contributed by atoms with Gasteiger partial charge in [-0.1, -0.05) is 0 Å². The highest BCUT2D eigenvalue weighted by Crippen LogP contribution is 2.36. The van der Waals surface area contributed by atoms with Gasteiger partial charge in [-0.3, -0.25) is 10.1 Å². The van der Waals surface area contributed by atoms with Crippen LogP contribution in [0.5, 0.6) is 5.88 Å². The van der Waals surface area contributed by atoms with Gasteiger partial charge in [0.15, 0.2) is 5.69 Å². The summed E-state index contributed by atoms with van der Waals surface area (Å²) in [6, 6.07) is 4.04. The maximum atomic E-state index is 10.6. The number of nitro benzene ring substituents is 1. The predicted octanol–water partition coefficient (Wildman–Crippen LogP) is 2.11. The quantitative estimate of drug-likeness (QED) is 0.331. The van der Waals surface area contributed by atoms with Crippen LogP contribution in [0.25, 0.3) is 10.9 Å². The van der Waals surface area contributed by atoms with Gasteiger partial charge < -0.3 is 15.8 Å². The number of azo groups is 1. The molecule has 0 amide bonds. The number of fused-ring (bicyclic) bond motifs is 1. The molecule has 2 aromatic rings. The molecule has 4 N–H and O–H groups in total. The Hall–Kier alpha value is -2.55. The normalized spacial score (nSPS) is 11.1. The molecule has 8 nitrogen and oxygen atoms in total. The molecule has 18 heavy (non-hydrogen) atoms. The highest BCUT2D eigenvalue weighted by molar-refractivity contribution is 7.80. The fraction of sp³-hybridized carbons (Fsp3) is 0. The third-order valence-corrected chi connectivity index (χ3v) is 2.28. The third-order valence-electron chi connectivity index (χ3n) is 2.20. The molecule has 0 atom stereocenters. The lowest BCUT2D eigenvalue weighted by atomic mass is 10.2. The first-order valence-corrected chi connectivity index (χ1v) is 5.10. The molecule has 0 aliphatic carbocycles. The Labute approximate surface area is 105 Å². The summed E-state index contributed by atoms with van der Waals surface area (Å²) in [5.41, 5.74) is 5.57. The van der Waals surface area contributed by atoms with Crippen LogP contribution in [0.1, 0.15) is 0 Å². The van der Waals surface area contributed by atoms with Gasteiger partial charge in [0, 0.05) is 17.5 Å². The lowest BCUT2D eigenvalue weighted by molar-refractivity contribution is -0.384. The van der Waals surface area contributed by atoms with Crippen molar-refractivity contribution >= 4 is 39.6 Å². The Morgan fingerprint density at radius 1 is 1.56 bits per heavy atom. The number of nitrogens with one attached hydrogen (secondary N) is 1. The minimum Gasteiger partial charge on any atom is -0.493 e. The van der Waals surface area contributed by atoms with Crippen LogP contribution in [0.15, 0.2) is 28.4 Å². The molecule has 0 unspecified atom stereocenters. The van der Waals surface area contributed by atoms with Gasteiger partial charge in [0.05, 0.1) is 10.4 Å². The monoisotopic (exact) mass is 265 g/mol. The van der Waals surface area contributed by atoms with Gasteiger partial charge in [0.25, 0.3) is 5.69 Å². The fourth-order valence-corrected chi connectivity index (χ4v) is 1.51. The van der Waals surface area contributed by atoms with E-state index in [0.29, 0.717) is 10.9 Å². The van der Waals surface area contributed by atoms with Crippen molar-refractivity contribution in [3.8, 4) is 5.88 Å². The van der Waals surface area contributed by atoms with Crippen molar-refractivity contribution in [2.24, 2.45) is 16.0 Å². The molecule has 1 aromatic carbocycles. The first-order valence-electron chi connectivity index (χ1n) is 4.69. The lowest BCUT2D eigenvalue weighted by Gasteiger charge is -1.92. The Balaban J connectivity index is 2.59. The number of nitro groups is 1. The molecule has 2 rings (SSSR count). The topological polar surface area (TPSA) is 130 Å². The number of nitrogens with two attached hydrogens (primary N) is 1. The molecule has 0 radical (unpaired) electrons. The summed E-state index contributed by atoms with van der Waals surface area (Å²) < 4.78 is 0. The summed E-state index contributed by atoms with van der Waals surface area (Å²) in [5.74, 6) is -0.259. The van der Waals surface area contributed by atoms with Crippen molar-refractivity contribution in [1.82, 2.24) is 4.98 Å². The highest BCUT2D eigenvalue weighted by atomic mass is 32.1. The predicted molar refractivity (Wildman–Crippen MR) is 67.9 cm³/mol. The van der Waals surface area contributed by atoms with Crippen molar-refractivity contribution in [1.29, 1.82) is 0 Å². The zero-order valence-electron chi connectivity index (χ0n) is 8.82. The van der Waals surface area contributed by atoms with Gasteiger partial charge in [-0.05, 0) is 18.3 Å². The first kappa shape index (κ1) is 11.9. The Bertz CT molecular complexity index is 678. The molecule has 0 aliphatic heterocycles. The van der Waals surface area contributed by atoms with Crippen LogP contribution < -0.4 is 5.73 Å². The number of nitrogens with zero attached hydrogens (tertiary/aromatic N) is 3. The number of hydrogen-bond acceptors (Lipinski definition) is 5. The van der Waals surface area contributed by atoms with Crippen LogP contribution in [0.3, 0.4) is 0 Å². The van der Waals surface area contributed by atoms with Crippen molar-refractivity contribution < 1.29 is 10.0 Å². The van der Waals surface area contributed by atoms with E-state index in [2.05, 4.69) is 27.4 Å². The van der Waals surface area contributed by atoms with Crippen LogP contribution >= 0.6 is 12.2 Å². The molecule has 0 saturated carbocycles. The van der Waals surface area contributed by atoms with Crippen molar-refractivity contribution in [2.45, 2.75) is 0 Å². The second kappa shape index (κ2) is 4.37. The maximum Gasteiger partial charge on any atom is 0.271 e. The number of aromatic hydroxyl groups is 1. The number of aromatic nitrogens is 1. The Morgan fingerprint density at radius 2 is 2.28 bits per heavy atom. The molecule has 0 fully saturated rings. The van der Waals surface area contributed by atoms with Crippen LogP contribution in [0.2, 0.25) is 0 Å².